The lowest BCUT2D eigenvalue weighted by molar-refractivity contribution is 0.357. The Balaban J connectivity index is 2.31. The average Bonchev–Trinajstić information content (AvgIpc) is 2.88. The van der Waals surface area contributed by atoms with Gasteiger partial charge in [0.2, 0.25) is 0 Å². The van der Waals surface area contributed by atoms with Crippen molar-refractivity contribution in [2.45, 2.75) is 12.5 Å². The van der Waals surface area contributed by atoms with E-state index in [4.69, 9.17) is 4.74 Å². The monoisotopic (exact) mass is 160 g/mol. The molecule has 1 nitrogen and oxygen atoms in total. The Morgan fingerprint density at radius 2 is 2.00 bits per heavy atom. The van der Waals surface area contributed by atoms with Gasteiger partial charge in [0.05, 0.1) is 6.61 Å². The van der Waals surface area contributed by atoms with Crippen LogP contribution in [0.3, 0.4) is 0 Å². The molecular weight excluding hydrogens is 148 g/mol. The fourth-order valence-corrected chi connectivity index (χ4v) is 1.43. The van der Waals surface area contributed by atoms with Crippen LogP contribution < -0.4 is 0 Å². The SMILES string of the molecule is CC=CC1(c2ccccc2)CO1. The van der Waals surface area contributed by atoms with Gasteiger partial charge >= 0.3 is 0 Å². The molecule has 12 heavy (non-hydrogen) atoms. The Labute approximate surface area is 72.7 Å². The summed E-state index contributed by atoms with van der Waals surface area (Å²) in [5, 5.41) is 0. The zero-order valence-electron chi connectivity index (χ0n) is 7.16. The molecule has 1 unspecified atom stereocenters. The van der Waals surface area contributed by atoms with Gasteiger partial charge in [-0.15, -0.1) is 0 Å². The van der Waals surface area contributed by atoms with Crippen LogP contribution in [0.5, 0.6) is 0 Å². The molecule has 1 atom stereocenters. The quantitative estimate of drug-likeness (QED) is 0.478. The lowest BCUT2D eigenvalue weighted by atomic mass is 10.00. The van der Waals surface area contributed by atoms with Gasteiger partial charge in [0, 0.05) is 0 Å². The van der Waals surface area contributed by atoms with Crippen LogP contribution in [0.15, 0.2) is 42.5 Å². The highest BCUT2D eigenvalue weighted by Crippen LogP contribution is 2.39. The summed E-state index contributed by atoms with van der Waals surface area (Å²) in [7, 11) is 0. The van der Waals surface area contributed by atoms with Gasteiger partial charge in [-0.25, -0.2) is 0 Å². The summed E-state index contributed by atoms with van der Waals surface area (Å²) < 4.78 is 5.44. The summed E-state index contributed by atoms with van der Waals surface area (Å²) in [6.07, 6.45) is 4.16. The van der Waals surface area contributed by atoms with Crippen molar-refractivity contribution < 1.29 is 4.74 Å². The van der Waals surface area contributed by atoms with Gasteiger partial charge in [0.25, 0.3) is 0 Å². The second-order valence-corrected chi connectivity index (χ2v) is 3.04. The molecule has 1 aliphatic heterocycles. The molecule has 0 aromatic heterocycles. The molecular formula is C11H12O. The first-order valence-electron chi connectivity index (χ1n) is 4.21. The maximum atomic E-state index is 5.44. The van der Waals surface area contributed by atoms with Gasteiger partial charge in [-0.1, -0.05) is 42.5 Å². The van der Waals surface area contributed by atoms with Crippen LogP contribution in [-0.2, 0) is 10.3 Å². The topological polar surface area (TPSA) is 12.5 Å². The van der Waals surface area contributed by atoms with Crippen molar-refractivity contribution >= 4 is 0 Å². The van der Waals surface area contributed by atoms with Crippen molar-refractivity contribution in [2.24, 2.45) is 0 Å². The van der Waals surface area contributed by atoms with Gasteiger partial charge in [-0.3, -0.25) is 0 Å². The normalized spacial score (nSPS) is 27.8. The summed E-state index contributed by atoms with van der Waals surface area (Å²) in [5.41, 5.74) is 1.17. The van der Waals surface area contributed by atoms with Gasteiger partial charge < -0.3 is 4.74 Å². The molecule has 1 aromatic rings. The Morgan fingerprint density at radius 3 is 2.50 bits per heavy atom. The molecule has 1 heterocycles. The summed E-state index contributed by atoms with van der Waals surface area (Å²) in [4.78, 5) is 0. The minimum Gasteiger partial charge on any atom is -0.360 e. The standard InChI is InChI=1S/C11H12O/c1-2-8-11(9-12-11)10-6-4-3-5-7-10/h2-8H,9H2,1H3. The maximum absolute atomic E-state index is 5.44. The summed E-state index contributed by atoms with van der Waals surface area (Å²) in [5.74, 6) is 0. The van der Waals surface area contributed by atoms with Crippen LogP contribution >= 0.6 is 0 Å². The number of benzene rings is 1. The van der Waals surface area contributed by atoms with E-state index in [-0.39, 0.29) is 5.60 Å². The largest absolute Gasteiger partial charge is 0.360 e. The molecule has 62 valence electrons. The van der Waals surface area contributed by atoms with E-state index in [0.717, 1.165) is 6.61 Å². The van der Waals surface area contributed by atoms with E-state index in [1.807, 2.05) is 31.2 Å². The molecule has 0 aliphatic carbocycles. The van der Waals surface area contributed by atoms with Gasteiger partial charge in [0.15, 0.2) is 0 Å². The Bertz CT molecular complexity index is 283. The third kappa shape index (κ3) is 1.16. The minimum absolute atomic E-state index is 0.0873. The molecule has 0 N–H and O–H groups in total. The van der Waals surface area contributed by atoms with Crippen LogP contribution in [0.1, 0.15) is 12.5 Å². The number of allylic oxidation sites excluding steroid dienone is 1. The predicted molar refractivity (Wildman–Crippen MR) is 48.9 cm³/mol. The Kier molecular flexibility index (Phi) is 1.74. The van der Waals surface area contributed by atoms with Crippen LogP contribution in [0.2, 0.25) is 0 Å². The number of hydrogen-bond acceptors (Lipinski definition) is 1. The Morgan fingerprint density at radius 1 is 1.33 bits per heavy atom. The van der Waals surface area contributed by atoms with Gasteiger partial charge in [0.1, 0.15) is 5.60 Å². The van der Waals surface area contributed by atoms with Crippen molar-refractivity contribution in [2.75, 3.05) is 6.61 Å². The number of hydrogen-bond donors (Lipinski definition) is 0. The van der Waals surface area contributed by atoms with Gasteiger partial charge in [-0.2, -0.15) is 0 Å². The van der Waals surface area contributed by atoms with E-state index >= 15 is 0 Å². The number of rotatable bonds is 2. The molecule has 1 saturated heterocycles. The van der Waals surface area contributed by atoms with Gasteiger partial charge in [-0.05, 0) is 12.5 Å². The molecule has 0 radical (unpaired) electrons. The lowest BCUT2D eigenvalue weighted by Crippen LogP contribution is -2.03. The smallest absolute Gasteiger partial charge is 0.135 e. The van der Waals surface area contributed by atoms with Crippen LogP contribution in [0.25, 0.3) is 0 Å². The fraction of sp³-hybridized carbons (Fsp3) is 0.273. The zero-order chi connectivity index (χ0) is 8.44. The summed E-state index contributed by atoms with van der Waals surface area (Å²) >= 11 is 0. The van der Waals surface area contributed by atoms with E-state index in [0.29, 0.717) is 0 Å². The van der Waals surface area contributed by atoms with Crippen LogP contribution in [0.4, 0.5) is 0 Å². The molecule has 2 rings (SSSR count). The van der Waals surface area contributed by atoms with E-state index < -0.39 is 0 Å². The molecule has 1 fully saturated rings. The van der Waals surface area contributed by atoms with E-state index in [2.05, 4.69) is 18.2 Å². The first kappa shape index (κ1) is 7.56. The van der Waals surface area contributed by atoms with Crippen molar-refractivity contribution in [3.05, 3.63) is 48.0 Å². The Hall–Kier alpha value is -1.08. The average molecular weight is 160 g/mol. The van der Waals surface area contributed by atoms with Crippen molar-refractivity contribution in [1.29, 1.82) is 0 Å². The lowest BCUT2D eigenvalue weighted by Gasteiger charge is -2.05. The molecule has 0 amide bonds. The molecule has 1 aromatic carbocycles. The minimum atomic E-state index is -0.0873. The predicted octanol–water partition coefficient (Wildman–Crippen LogP) is 2.49. The summed E-state index contributed by atoms with van der Waals surface area (Å²) in [6, 6.07) is 10.3. The van der Waals surface area contributed by atoms with Crippen molar-refractivity contribution in [3.63, 3.8) is 0 Å². The van der Waals surface area contributed by atoms with Crippen LogP contribution in [0, 0.1) is 0 Å². The van der Waals surface area contributed by atoms with Crippen LogP contribution in [-0.4, -0.2) is 6.61 Å². The van der Waals surface area contributed by atoms with E-state index in [1.165, 1.54) is 5.56 Å². The van der Waals surface area contributed by atoms with E-state index in [1.54, 1.807) is 0 Å². The van der Waals surface area contributed by atoms with Crippen molar-refractivity contribution in [1.82, 2.24) is 0 Å². The number of epoxide rings is 1. The first-order valence-corrected chi connectivity index (χ1v) is 4.21. The van der Waals surface area contributed by atoms with E-state index in [9.17, 15) is 0 Å². The highest BCUT2D eigenvalue weighted by molar-refractivity contribution is 5.32. The second-order valence-electron chi connectivity index (χ2n) is 3.04. The highest BCUT2D eigenvalue weighted by atomic mass is 16.6. The molecule has 1 aliphatic rings. The molecule has 1 heteroatoms. The third-order valence-electron chi connectivity index (χ3n) is 2.15. The summed E-state index contributed by atoms with van der Waals surface area (Å²) in [6.45, 7) is 2.84. The first-order chi connectivity index (χ1) is 5.87. The zero-order valence-corrected chi connectivity index (χ0v) is 7.16. The molecule has 0 spiro atoms. The second kappa shape index (κ2) is 2.76. The molecule has 0 saturated carbocycles. The number of ether oxygens (including phenoxy) is 1. The third-order valence-corrected chi connectivity index (χ3v) is 2.15. The molecule has 0 bridgehead atoms. The maximum Gasteiger partial charge on any atom is 0.135 e. The fourth-order valence-electron chi connectivity index (χ4n) is 1.43. The van der Waals surface area contributed by atoms with Crippen molar-refractivity contribution in [3.8, 4) is 0 Å². The highest BCUT2D eigenvalue weighted by Gasteiger charge is 2.43.